The lowest BCUT2D eigenvalue weighted by atomic mass is 10.2. The summed E-state index contributed by atoms with van der Waals surface area (Å²) < 4.78 is 0. The fourth-order valence-corrected chi connectivity index (χ4v) is 2.14. The molecule has 0 aromatic heterocycles. The van der Waals surface area contributed by atoms with Gasteiger partial charge in [0.1, 0.15) is 0 Å². The average Bonchev–Trinajstić information content (AvgIpc) is 2.61. The van der Waals surface area contributed by atoms with E-state index in [1.54, 1.807) is 26.2 Å². The van der Waals surface area contributed by atoms with Crippen molar-refractivity contribution in [2.45, 2.75) is 25.7 Å². The standard InChI is InChI=1S/C18H24N4O3/c1-21(2)17(24)11-13-20-16(23)9-10-18(25)22(14-6-12-19)15-7-4-3-5-8-15/h3-5,7-8H,6,9-11,13-14H2,1-2H3,(H,20,23). The van der Waals surface area contributed by atoms with E-state index in [4.69, 9.17) is 5.26 Å². The molecule has 3 amide bonds. The third kappa shape index (κ3) is 7.48. The van der Waals surface area contributed by atoms with Crippen LogP contribution in [-0.2, 0) is 14.4 Å². The lowest BCUT2D eigenvalue weighted by Crippen LogP contribution is -2.34. The number of benzene rings is 1. The van der Waals surface area contributed by atoms with Crippen molar-refractivity contribution < 1.29 is 14.4 Å². The largest absolute Gasteiger partial charge is 0.356 e. The van der Waals surface area contributed by atoms with E-state index < -0.39 is 0 Å². The molecule has 0 heterocycles. The number of anilines is 1. The van der Waals surface area contributed by atoms with Gasteiger partial charge >= 0.3 is 0 Å². The number of nitrogens with one attached hydrogen (secondary N) is 1. The van der Waals surface area contributed by atoms with Crippen molar-refractivity contribution in [3.63, 3.8) is 0 Å². The van der Waals surface area contributed by atoms with Crippen LogP contribution in [0.4, 0.5) is 5.69 Å². The summed E-state index contributed by atoms with van der Waals surface area (Å²) in [5, 5.41) is 11.4. The Morgan fingerprint density at radius 3 is 2.32 bits per heavy atom. The fraction of sp³-hybridized carbons (Fsp3) is 0.444. The van der Waals surface area contributed by atoms with Crippen LogP contribution in [0.1, 0.15) is 25.7 Å². The first-order chi connectivity index (χ1) is 12.0. The Labute approximate surface area is 148 Å². The number of para-hydroxylation sites is 1. The molecule has 7 heteroatoms. The minimum atomic E-state index is -0.270. The summed E-state index contributed by atoms with van der Waals surface area (Å²) in [6.07, 6.45) is 0.545. The van der Waals surface area contributed by atoms with E-state index in [2.05, 4.69) is 5.32 Å². The molecule has 0 aliphatic heterocycles. The minimum absolute atomic E-state index is 0.0465. The van der Waals surface area contributed by atoms with Gasteiger partial charge in [-0.25, -0.2) is 0 Å². The molecule has 1 N–H and O–H groups in total. The highest BCUT2D eigenvalue weighted by molar-refractivity contribution is 5.95. The predicted molar refractivity (Wildman–Crippen MR) is 94.6 cm³/mol. The maximum atomic E-state index is 12.4. The Kier molecular flexibility index (Phi) is 8.72. The zero-order chi connectivity index (χ0) is 18.7. The van der Waals surface area contributed by atoms with E-state index in [1.165, 1.54) is 9.80 Å². The summed E-state index contributed by atoms with van der Waals surface area (Å²) in [6.45, 7) is 0.541. The Bertz CT molecular complexity index is 623. The number of nitriles is 1. The molecule has 25 heavy (non-hydrogen) atoms. The summed E-state index contributed by atoms with van der Waals surface area (Å²) >= 11 is 0. The summed E-state index contributed by atoms with van der Waals surface area (Å²) in [4.78, 5) is 38.6. The lowest BCUT2D eigenvalue weighted by Gasteiger charge is -2.21. The third-order valence-corrected chi connectivity index (χ3v) is 3.54. The van der Waals surface area contributed by atoms with Crippen LogP contribution in [0.15, 0.2) is 30.3 Å². The summed E-state index contributed by atoms with van der Waals surface area (Å²) in [5.74, 6) is -0.544. The zero-order valence-corrected chi connectivity index (χ0v) is 14.7. The molecular formula is C18H24N4O3. The van der Waals surface area contributed by atoms with E-state index in [0.717, 1.165) is 0 Å². The monoisotopic (exact) mass is 344 g/mol. The third-order valence-electron chi connectivity index (χ3n) is 3.54. The molecule has 134 valence electrons. The molecule has 1 aromatic rings. The normalized spacial score (nSPS) is 9.80. The molecule has 0 bridgehead atoms. The van der Waals surface area contributed by atoms with Gasteiger partial charge in [-0.2, -0.15) is 5.26 Å². The van der Waals surface area contributed by atoms with Crippen LogP contribution in [0.5, 0.6) is 0 Å². The fourth-order valence-electron chi connectivity index (χ4n) is 2.14. The summed E-state index contributed by atoms with van der Waals surface area (Å²) in [5.41, 5.74) is 0.708. The topological polar surface area (TPSA) is 93.5 Å². The van der Waals surface area contributed by atoms with Crippen molar-refractivity contribution in [2.24, 2.45) is 0 Å². The number of rotatable bonds is 9. The van der Waals surface area contributed by atoms with Crippen LogP contribution in [-0.4, -0.2) is 49.8 Å². The quantitative estimate of drug-likeness (QED) is 0.731. The van der Waals surface area contributed by atoms with Crippen molar-refractivity contribution in [1.82, 2.24) is 10.2 Å². The van der Waals surface area contributed by atoms with Crippen LogP contribution < -0.4 is 10.2 Å². The van der Waals surface area contributed by atoms with Gasteiger partial charge in [0.2, 0.25) is 17.7 Å². The second-order valence-corrected chi connectivity index (χ2v) is 5.68. The van der Waals surface area contributed by atoms with Gasteiger partial charge in [-0.3, -0.25) is 14.4 Å². The number of hydrogen-bond acceptors (Lipinski definition) is 4. The Hall–Kier alpha value is -2.88. The van der Waals surface area contributed by atoms with E-state index >= 15 is 0 Å². The van der Waals surface area contributed by atoms with Gasteiger partial charge in [-0.15, -0.1) is 0 Å². The molecule has 0 unspecified atom stereocenters. The number of carbonyl (C=O) groups is 3. The van der Waals surface area contributed by atoms with Gasteiger partial charge in [0, 0.05) is 52.1 Å². The van der Waals surface area contributed by atoms with Gasteiger partial charge in [0.15, 0.2) is 0 Å². The second kappa shape index (κ2) is 10.8. The molecule has 0 atom stereocenters. The molecule has 0 aliphatic rings. The average molecular weight is 344 g/mol. The molecule has 1 aromatic carbocycles. The smallest absolute Gasteiger partial charge is 0.227 e. The van der Waals surface area contributed by atoms with Crippen LogP contribution in [0.2, 0.25) is 0 Å². The number of carbonyl (C=O) groups excluding carboxylic acids is 3. The van der Waals surface area contributed by atoms with Crippen molar-refractivity contribution >= 4 is 23.4 Å². The van der Waals surface area contributed by atoms with E-state index in [9.17, 15) is 14.4 Å². The first-order valence-corrected chi connectivity index (χ1v) is 8.15. The Morgan fingerprint density at radius 2 is 1.72 bits per heavy atom. The predicted octanol–water partition coefficient (Wildman–Crippen LogP) is 1.31. The maximum absolute atomic E-state index is 12.4. The van der Waals surface area contributed by atoms with Crippen molar-refractivity contribution in [3.05, 3.63) is 30.3 Å². The Balaban J connectivity index is 2.47. The molecule has 0 fully saturated rings. The molecule has 0 saturated heterocycles. The van der Waals surface area contributed by atoms with E-state index in [0.29, 0.717) is 5.69 Å². The van der Waals surface area contributed by atoms with Gasteiger partial charge in [-0.05, 0) is 12.1 Å². The molecule has 1 rings (SSSR count). The maximum Gasteiger partial charge on any atom is 0.227 e. The molecular weight excluding hydrogens is 320 g/mol. The minimum Gasteiger partial charge on any atom is -0.356 e. The van der Waals surface area contributed by atoms with Gasteiger partial charge in [-0.1, -0.05) is 18.2 Å². The second-order valence-electron chi connectivity index (χ2n) is 5.68. The van der Waals surface area contributed by atoms with Crippen molar-refractivity contribution in [2.75, 3.05) is 32.1 Å². The molecule has 0 radical (unpaired) electrons. The Morgan fingerprint density at radius 1 is 1.04 bits per heavy atom. The van der Waals surface area contributed by atoms with Gasteiger partial charge in [0.05, 0.1) is 12.5 Å². The highest BCUT2D eigenvalue weighted by Crippen LogP contribution is 2.15. The SMILES string of the molecule is CN(C)C(=O)CCNC(=O)CCC(=O)N(CCC#N)c1ccccc1. The number of hydrogen-bond donors (Lipinski definition) is 1. The zero-order valence-electron chi connectivity index (χ0n) is 14.7. The summed E-state index contributed by atoms with van der Waals surface area (Å²) in [7, 11) is 3.31. The molecule has 0 saturated carbocycles. The van der Waals surface area contributed by atoms with Gasteiger partial charge < -0.3 is 15.1 Å². The highest BCUT2D eigenvalue weighted by atomic mass is 16.2. The van der Waals surface area contributed by atoms with Crippen molar-refractivity contribution in [3.8, 4) is 6.07 Å². The van der Waals surface area contributed by atoms with Crippen LogP contribution in [0, 0.1) is 11.3 Å². The molecule has 0 spiro atoms. The molecule has 0 aliphatic carbocycles. The van der Waals surface area contributed by atoms with E-state index in [1.807, 2.05) is 24.3 Å². The molecule has 7 nitrogen and oxygen atoms in total. The van der Waals surface area contributed by atoms with Crippen molar-refractivity contribution in [1.29, 1.82) is 5.26 Å². The first-order valence-electron chi connectivity index (χ1n) is 8.15. The van der Waals surface area contributed by atoms with Crippen LogP contribution in [0.25, 0.3) is 0 Å². The van der Waals surface area contributed by atoms with Crippen LogP contribution >= 0.6 is 0 Å². The summed E-state index contributed by atoms with van der Waals surface area (Å²) in [6, 6.07) is 11.1. The van der Waals surface area contributed by atoms with Crippen LogP contribution in [0.3, 0.4) is 0 Å². The van der Waals surface area contributed by atoms with E-state index in [-0.39, 0.29) is 56.5 Å². The highest BCUT2D eigenvalue weighted by Gasteiger charge is 2.16. The first kappa shape index (κ1) is 20.2. The lowest BCUT2D eigenvalue weighted by molar-refractivity contribution is -0.129. The number of amides is 3. The number of nitrogens with zero attached hydrogens (tertiary/aromatic N) is 3. The van der Waals surface area contributed by atoms with Gasteiger partial charge in [0.25, 0.3) is 0 Å².